The molecule has 6 aromatic rings. The second kappa shape index (κ2) is 5.79. The van der Waals surface area contributed by atoms with E-state index in [-0.39, 0.29) is 0 Å². The van der Waals surface area contributed by atoms with Crippen LogP contribution < -0.4 is 0 Å². The average Bonchev–Trinajstić information content (AvgIpc) is 3.33. The van der Waals surface area contributed by atoms with Crippen molar-refractivity contribution in [2.24, 2.45) is 0 Å². The SMILES string of the molecule is c1ccc(-n2c(-c3ccncc3)nc3c4c(ccc32)[nH]c2ccccc24)cc1. The lowest BCUT2D eigenvalue weighted by Crippen LogP contribution is -1.97. The quantitative estimate of drug-likeness (QED) is 0.429. The molecule has 0 atom stereocenters. The number of nitrogens with one attached hydrogen (secondary N) is 1. The standard InChI is InChI=1S/C24H16N4/c1-2-6-17(7-3-1)28-21-11-10-20-22(18-8-4-5-9-19(18)26-20)23(21)27-24(28)16-12-14-25-15-13-16/h1-15,26H. The Morgan fingerprint density at radius 2 is 1.50 bits per heavy atom. The first kappa shape index (κ1) is 15.2. The van der Waals surface area contributed by atoms with Gasteiger partial charge in [-0.05, 0) is 42.5 Å². The summed E-state index contributed by atoms with van der Waals surface area (Å²) < 4.78 is 2.23. The molecule has 0 unspecified atom stereocenters. The first-order valence-electron chi connectivity index (χ1n) is 9.28. The molecular formula is C24H16N4. The highest BCUT2D eigenvalue weighted by Crippen LogP contribution is 2.35. The predicted molar refractivity (Wildman–Crippen MR) is 114 cm³/mol. The molecule has 0 fully saturated rings. The molecule has 0 saturated heterocycles. The summed E-state index contributed by atoms with van der Waals surface area (Å²) in [6.45, 7) is 0. The highest BCUT2D eigenvalue weighted by molar-refractivity contribution is 6.19. The smallest absolute Gasteiger partial charge is 0.145 e. The second-order valence-corrected chi connectivity index (χ2v) is 6.87. The van der Waals surface area contributed by atoms with Gasteiger partial charge in [-0.2, -0.15) is 0 Å². The number of benzene rings is 3. The van der Waals surface area contributed by atoms with Gasteiger partial charge in [-0.15, -0.1) is 0 Å². The molecule has 0 saturated carbocycles. The van der Waals surface area contributed by atoms with Crippen LogP contribution in [0.5, 0.6) is 0 Å². The van der Waals surface area contributed by atoms with E-state index in [1.54, 1.807) is 0 Å². The number of rotatable bonds is 2. The Kier molecular flexibility index (Phi) is 3.14. The summed E-state index contributed by atoms with van der Waals surface area (Å²) in [6, 6.07) is 27.1. The highest BCUT2D eigenvalue weighted by Gasteiger charge is 2.18. The lowest BCUT2D eigenvalue weighted by Gasteiger charge is -2.09. The van der Waals surface area contributed by atoms with Crippen LogP contribution in [-0.2, 0) is 0 Å². The molecule has 0 aliphatic rings. The van der Waals surface area contributed by atoms with Crippen molar-refractivity contribution in [3.63, 3.8) is 0 Å². The van der Waals surface area contributed by atoms with Gasteiger partial charge in [0.1, 0.15) is 5.82 Å². The highest BCUT2D eigenvalue weighted by atomic mass is 15.1. The van der Waals surface area contributed by atoms with Crippen LogP contribution >= 0.6 is 0 Å². The van der Waals surface area contributed by atoms with Crippen LogP contribution in [0.15, 0.2) is 91.3 Å². The van der Waals surface area contributed by atoms with Crippen molar-refractivity contribution in [2.75, 3.05) is 0 Å². The molecular weight excluding hydrogens is 344 g/mol. The van der Waals surface area contributed by atoms with Gasteiger partial charge in [0, 0.05) is 45.5 Å². The fourth-order valence-electron chi connectivity index (χ4n) is 4.01. The van der Waals surface area contributed by atoms with Gasteiger partial charge >= 0.3 is 0 Å². The zero-order valence-electron chi connectivity index (χ0n) is 15.0. The number of hydrogen-bond donors (Lipinski definition) is 1. The van der Waals surface area contributed by atoms with Crippen molar-refractivity contribution in [3.05, 3.63) is 91.3 Å². The summed E-state index contributed by atoms with van der Waals surface area (Å²) in [5.74, 6) is 0.918. The molecule has 3 aromatic carbocycles. The maximum absolute atomic E-state index is 5.12. The van der Waals surface area contributed by atoms with E-state index in [0.717, 1.165) is 44.5 Å². The van der Waals surface area contributed by atoms with E-state index < -0.39 is 0 Å². The summed E-state index contributed by atoms with van der Waals surface area (Å²) in [5.41, 5.74) is 6.47. The molecule has 0 spiro atoms. The first-order chi connectivity index (χ1) is 13.9. The summed E-state index contributed by atoms with van der Waals surface area (Å²) in [4.78, 5) is 12.8. The number of para-hydroxylation sites is 2. The Balaban J connectivity index is 1.80. The summed E-state index contributed by atoms with van der Waals surface area (Å²) in [7, 11) is 0. The van der Waals surface area contributed by atoms with Crippen molar-refractivity contribution in [2.45, 2.75) is 0 Å². The van der Waals surface area contributed by atoms with Gasteiger partial charge in [-0.3, -0.25) is 9.55 Å². The zero-order valence-corrected chi connectivity index (χ0v) is 15.0. The molecule has 3 heterocycles. The van der Waals surface area contributed by atoms with Gasteiger partial charge in [-0.1, -0.05) is 36.4 Å². The number of pyridine rings is 1. The van der Waals surface area contributed by atoms with E-state index in [1.165, 1.54) is 5.39 Å². The van der Waals surface area contributed by atoms with Crippen LogP contribution in [0.1, 0.15) is 0 Å². The maximum Gasteiger partial charge on any atom is 0.145 e. The summed E-state index contributed by atoms with van der Waals surface area (Å²) in [5, 5.41) is 2.36. The average molecular weight is 360 g/mol. The van der Waals surface area contributed by atoms with Crippen molar-refractivity contribution >= 4 is 32.8 Å². The lowest BCUT2D eigenvalue weighted by atomic mass is 10.1. The van der Waals surface area contributed by atoms with Crippen molar-refractivity contribution in [3.8, 4) is 17.1 Å². The van der Waals surface area contributed by atoms with Crippen molar-refractivity contribution in [1.82, 2.24) is 19.5 Å². The first-order valence-corrected chi connectivity index (χ1v) is 9.28. The van der Waals surface area contributed by atoms with E-state index in [2.05, 4.69) is 75.2 Å². The fraction of sp³-hybridized carbons (Fsp3) is 0. The van der Waals surface area contributed by atoms with Crippen LogP contribution in [0.2, 0.25) is 0 Å². The number of aromatic nitrogens is 4. The maximum atomic E-state index is 5.12. The topological polar surface area (TPSA) is 46.5 Å². The molecule has 4 heteroatoms. The number of hydrogen-bond acceptors (Lipinski definition) is 2. The van der Waals surface area contributed by atoms with E-state index in [9.17, 15) is 0 Å². The molecule has 1 N–H and O–H groups in total. The van der Waals surface area contributed by atoms with Gasteiger partial charge in [0.2, 0.25) is 0 Å². The molecule has 132 valence electrons. The molecule has 6 rings (SSSR count). The van der Waals surface area contributed by atoms with Gasteiger partial charge < -0.3 is 4.98 Å². The van der Waals surface area contributed by atoms with Gasteiger partial charge in [0.25, 0.3) is 0 Å². The Labute approximate surface area is 161 Å². The van der Waals surface area contributed by atoms with Crippen LogP contribution in [0.4, 0.5) is 0 Å². The normalized spacial score (nSPS) is 11.6. The minimum Gasteiger partial charge on any atom is -0.354 e. The monoisotopic (exact) mass is 360 g/mol. The molecule has 0 radical (unpaired) electrons. The number of aromatic amines is 1. The lowest BCUT2D eigenvalue weighted by molar-refractivity contribution is 1.10. The molecule has 3 aromatic heterocycles. The number of imidazole rings is 1. The van der Waals surface area contributed by atoms with Gasteiger partial charge in [-0.25, -0.2) is 4.98 Å². The van der Waals surface area contributed by atoms with Crippen molar-refractivity contribution in [1.29, 1.82) is 0 Å². The summed E-state index contributed by atoms with van der Waals surface area (Å²) in [6.07, 6.45) is 3.62. The second-order valence-electron chi connectivity index (χ2n) is 6.87. The molecule has 0 bridgehead atoms. The molecule has 28 heavy (non-hydrogen) atoms. The number of nitrogens with zero attached hydrogens (tertiary/aromatic N) is 3. The Hall–Kier alpha value is -3.92. The van der Waals surface area contributed by atoms with E-state index >= 15 is 0 Å². The molecule has 4 nitrogen and oxygen atoms in total. The van der Waals surface area contributed by atoms with Crippen LogP contribution in [0.25, 0.3) is 49.9 Å². The fourth-order valence-corrected chi connectivity index (χ4v) is 4.01. The third kappa shape index (κ3) is 2.12. The Bertz CT molecular complexity index is 1440. The Morgan fingerprint density at radius 1 is 0.714 bits per heavy atom. The molecule has 0 aliphatic carbocycles. The largest absolute Gasteiger partial charge is 0.354 e. The van der Waals surface area contributed by atoms with E-state index in [0.29, 0.717) is 0 Å². The van der Waals surface area contributed by atoms with Crippen LogP contribution in [-0.4, -0.2) is 19.5 Å². The van der Waals surface area contributed by atoms with E-state index in [4.69, 9.17) is 4.98 Å². The zero-order chi connectivity index (χ0) is 18.5. The van der Waals surface area contributed by atoms with E-state index in [1.807, 2.05) is 30.6 Å². The third-order valence-electron chi connectivity index (χ3n) is 5.25. The summed E-state index contributed by atoms with van der Waals surface area (Å²) >= 11 is 0. The van der Waals surface area contributed by atoms with Crippen LogP contribution in [0.3, 0.4) is 0 Å². The predicted octanol–water partition coefficient (Wildman–Crippen LogP) is 5.72. The Morgan fingerprint density at radius 3 is 2.36 bits per heavy atom. The van der Waals surface area contributed by atoms with Gasteiger partial charge in [0.05, 0.1) is 11.0 Å². The number of H-pyrrole nitrogens is 1. The molecule has 0 aliphatic heterocycles. The molecule has 0 amide bonds. The number of fused-ring (bicyclic) bond motifs is 5. The van der Waals surface area contributed by atoms with Crippen molar-refractivity contribution < 1.29 is 0 Å². The van der Waals surface area contributed by atoms with Gasteiger partial charge in [0.15, 0.2) is 0 Å². The minimum absolute atomic E-state index is 0.918. The third-order valence-corrected chi connectivity index (χ3v) is 5.25. The van der Waals surface area contributed by atoms with Crippen LogP contribution in [0, 0.1) is 0 Å². The minimum atomic E-state index is 0.918.